The van der Waals surface area contributed by atoms with Gasteiger partial charge in [0.2, 0.25) is 11.8 Å². The second-order valence-electron chi connectivity index (χ2n) is 11.2. The number of fused-ring (bicyclic) bond motifs is 1. The van der Waals surface area contributed by atoms with Gasteiger partial charge in [0.1, 0.15) is 6.61 Å². The molecule has 2 fully saturated rings. The molecule has 0 radical (unpaired) electrons. The summed E-state index contributed by atoms with van der Waals surface area (Å²) in [6.45, 7) is 2.10. The van der Waals surface area contributed by atoms with E-state index in [9.17, 15) is 14.4 Å². The van der Waals surface area contributed by atoms with Crippen molar-refractivity contribution in [3.8, 4) is 11.5 Å². The fourth-order valence-corrected chi connectivity index (χ4v) is 7.55. The van der Waals surface area contributed by atoms with E-state index < -0.39 is 0 Å². The van der Waals surface area contributed by atoms with Crippen molar-refractivity contribution in [3.63, 3.8) is 0 Å². The van der Waals surface area contributed by atoms with Crippen molar-refractivity contribution in [1.29, 1.82) is 0 Å². The first-order chi connectivity index (χ1) is 19.7. The van der Waals surface area contributed by atoms with Crippen molar-refractivity contribution in [2.75, 3.05) is 26.8 Å². The van der Waals surface area contributed by atoms with Crippen LogP contribution in [0.1, 0.15) is 67.7 Å². The molecule has 220 valence electrons. The van der Waals surface area contributed by atoms with Crippen LogP contribution in [0.5, 0.6) is 11.5 Å². The number of imide groups is 1. The maximum Gasteiger partial charge on any atom is 0.229 e. The molecule has 2 aromatic rings. The van der Waals surface area contributed by atoms with Crippen molar-refractivity contribution in [1.82, 2.24) is 9.80 Å². The van der Waals surface area contributed by atoms with Crippen LogP contribution in [0, 0.1) is 11.8 Å². The van der Waals surface area contributed by atoms with Crippen molar-refractivity contribution in [2.24, 2.45) is 11.8 Å². The van der Waals surface area contributed by atoms with Gasteiger partial charge in [-0.1, -0.05) is 35.3 Å². The molecular formula is C31H35Cl2IN2O5. The van der Waals surface area contributed by atoms with Crippen molar-refractivity contribution in [2.45, 2.75) is 64.0 Å². The minimum absolute atomic E-state index is 0.146. The van der Waals surface area contributed by atoms with Gasteiger partial charge in [0, 0.05) is 37.9 Å². The Kier molecular flexibility index (Phi) is 10.2. The van der Waals surface area contributed by atoms with Gasteiger partial charge >= 0.3 is 0 Å². The zero-order valence-corrected chi connectivity index (χ0v) is 26.8. The Labute approximate surface area is 265 Å². The maximum atomic E-state index is 11.9. The average molecular weight is 713 g/mol. The first kappa shape index (κ1) is 30.6. The number of benzene rings is 2. The van der Waals surface area contributed by atoms with E-state index in [-0.39, 0.29) is 53.6 Å². The van der Waals surface area contributed by atoms with E-state index >= 15 is 0 Å². The number of carbonyl (C=O) groups is 3. The molecule has 2 aliphatic carbocycles. The molecular weight excluding hydrogens is 678 g/mol. The molecule has 3 aliphatic rings. The third-order valence-corrected chi connectivity index (χ3v) is 10.4. The number of methoxy groups -OCH3 is 1. The number of amides is 2. The average Bonchev–Trinajstić information content (AvgIpc) is 3.54. The van der Waals surface area contributed by atoms with Gasteiger partial charge in [0.15, 0.2) is 15.3 Å². The van der Waals surface area contributed by atoms with Gasteiger partial charge in [0.25, 0.3) is 0 Å². The lowest BCUT2D eigenvalue weighted by atomic mass is 9.82. The third kappa shape index (κ3) is 7.03. The van der Waals surface area contributed by atoms with Crippen molar-refractivity contribution in [3.05, 3.63) is 57.1 Å². The number of carbonyl (C=O) groups excluding carboxylic acids is 3. The Morgan fingerprint density at radius 3 is 2.41 bits per heavy atom. The van der Waals surface area contributed by atoms with E-state index in [4.69, 9.17) is 32.7 Å². The minimum atomic E-state index is -0.146. The molecule has 1 saturated carbocycles. The van der Waals surface area contributed by atoms with Gasteiger partial charge in [-0.15, -0.1) is 0 Å². The fraction of sp³-hybridized carbons (Fsp3) is 0.516. The van der Waals surface area contributed by atoms with Gasteiger partial charge in [-0.2, -0.15) is 0 Å². The number of rotatable bonds is 11. The van der Waals surface area contributed by atoms with Crippen LogP contribution < -0.4 is 9.47 Å². The predicted octanol–water partition coefficient (Wildman–Crippen LogP) is 6.79. The van der Waals surface area contributed by atoms with Crippen molar-refractivity contribution < 1.29 is 23.9 Å². The summed E-state index contributed by atoms with van der Waals surface area (Å²) in [5.74, 6) is 1.61. The molecule has 0 bridgehead atoms. The highest BCUT2D eigenvalue weighted by Gasteiger charge is 2.33. The first-order valence-electron chi connectivity index (χ1n) is 14.3. The highest BCUT2D eigenvalue weighted by atomic mass is 127. The summed E-state index contributed by atoms with van der Waals surface area (Å²) in [5.41, 5.74) is 3.49. The molecule has 10 heteroatoms. The van der Waals surface area contributed by atoms with Crippen LogP contribution >= 0.6 is 45.8 Å². The van der Waals surface area contributed by atoms with E-state index in [2.05, 4.69) is 11.0 Å². The summed E-state index contributed by atoms with van der Waals surface area (Å²) in [5, 5.41) is 1.26. The summed E-state index contributed by atoms with van der Waals surface area (Å²) in [6, 6.07) is 10.2. The Morgan fingerprint density at radius 2 is 1.73 bits per heavy atom. The predicted molar refractivity (Wildman–Crippen MR) is 167 cm³/mol. The standard InChI is InChI=1S/C31H35Cl2IN2O5/c1-40-27-16-20(4-11-26(27)41-15-14-36-28(37)12-13-29(36)38)18-35(17-19-2-5-21(6-3-19)31(34)39)25-10-8-23-22(25)7-9-24(32)30(23)33/h4,7,9,11,16,19,21,25H,2-3,5-6,8,10,12-15,17-18H2,1H3/t19-,21-,25-/m0/s1. The largest absolute Gasteiger partial charge is 0.493 e. The number of ether oxygens (including phenoxy) is 2. The molecule has 1 atom stereocenters. The van der Waals surface area contributed by atoms with Gasteiger partial charge in [-0.3, -0.25) is 24.2 Å². The van der Waals surface area contributed by atoms with Crippen LogP contribution in [-0.4, -0.2) is 52.2 Å². The highest BCUT2D eigenvalue weighted by molar-refractivity contribution is 14.1. The molecule has 0 unspecified atom stereocenters. The normalized spacial score (nSPS) is 22.4. The van der Waals surface area contributed by atoms with E-state index in [0.717, 1.165) is 62.7 Å². The second-order valence-corrected chi connectivity index (χ2v) is 13.1. The van der Waals surface area contributed by atoms with Gasteiger partial charge in [-0.25, -0.2) is 0 Å². The molecule has 0 N–H and O–H groups in total. The molecule has 41 heavy (non-hydrogen) atoms. The molecule has 2 aromatic carbocycles. The zero-order chi connectivity index (χ0) is 29.1. The summed E-state index contributed by atoms with van der Waals surface area (Å²) >= 11 is 14.9. The minimum Gasteiger partial charge on any atom is -0.493 e. The first-order valence-corrected chi connectivity index (χ1v) is 16.1. The van der Waals surface area contributed by atoms with Gasteiger partial charge in [0.05, 0.1) is 23.7 Å². The topological polar surface area (TPSA) is 76.2 Å². The Hall–Kier alpha value is -1.88. The van der Waals surface area contributed by atoms with Crippen LogP contribution in [0.15, 0.2) is 30.3 Å². The van der Waals surface area contributed by atoms with Gasteiger partial charge in [-0.05, 0) is 102 Å². The monoisotopic (exact) mass is 712 g/mol. The number of hydrogen-bond donors (Lipinski definition) is 0. The lowest BCUT2D eigenvalue weighted by Crippen LogP contribution is -2.34. The number of likely N-dealkylation sites (tertiary alicyclic amines) is 1. The van der Waals surface area contributed by atoms with E-state index in [1.54, 1.807) is 7.11 Å². The lowest BCUT2D eigenvalue weighted by molar-refractivity contribution is -0.138. The highest BCUT2D eigenvalue weighted by Crippen LogP contribution is 2.44. The van der Waals surface area contributed by atoms with Crippen LogP contribution in [0.25, 0.3) is 0 Å². The Morgan fingerprint density at radius 1 is 1.00 bits per heavy atom. The molecule has 1 aliphatic heterocycles. The quantitative estimate of drug-likeness (QED) is 0.145. The Balaban J connectivity index is 1.31. The number of hydrogen-bond acceptors (Lipinski definition) is 6. The molecule has 7 nitrogen and oxygen atoms in total. The van der Waals surface area contributed by atoms with Crippen LogP contribution in [0.3, 0.4) is 0 Å². The molecule has 0 aromatic heterocycles. The molecule has 0 spiro atoms. The van der Waals surface area contributed by atoms with Crippen LogP contribution in [0.2, 0.25) is 10.0 Å². The SMILES string of the molecule is COc1cc(CN(C[C@H]2CC[C@H](C(=O)I)CC2)[C@H]2CCc3c2ccc(Cl)c3Cl)ccc1OCCN1C(=O)CCC1=O. The summed E-state index contributed by atoms with van der Waals surface area (Å²) in [4.78, 5) is 39.5. The van der Waals surface area contributed by atoms with Crippen molar-refractivity contribution >= 4 is 61.4 Å². The van der Waals surface area contributed by atoms with E-state index in [1.807, 2.05) is 46.9 Å². The smallest absolute Gasteiger partial charge is 0.229 e. The van der Waals surface area contributed by atoms with Crippen LogP contribution in [0.4, 0.5) is 0 Å². The third-order valence-electron chi connectivity index (χ3n) is 8.70. The number of nitrogens with zero attached hydrogens (tertiary/aromatic N) is 2. The number of halogens is 3. The summed E-state index contributed by atoms with van der Waals surface area (Å²) in [7, 11) is 1.61. The second kappa shape index (κ2) is 13.6. The fourth-order valence-electron chi connectivity index (χ4n) is 6.48. The zero-order valence-electron chi connectivity index (χ0n) is 23.2. The molecule has 1 saturated heterocycles. The Bertz CT molecular complexity index is 1300. The maximum absolute atomic E-state index is 11.9. The molecule has 1 heterocycles. The summed E-state index contributed by atoms with van der Waals surface area (Å²) in [6.07, 6.45) is 6.43. The lowest BCUT2D eigenvalue weighted by Gasteiger charge is -2.36. The van der Waals surface area contributed by atoms with Crippen LogP contribution in [-0.2, 0) is 27.3 Å². The molecule has 5 rings (SSSR count). The summed E-state index contributed by atoms with van der Waals surface area (Å²) < 4.78 is 11.9. The molecule has 2 amide bonds. The van der Waals surface area contributed by atoms with E-state index in [0.29, 0.717) is 27.5 Å². The van der Waals surface area contributed by atoms with Gasteiger partial charge < -0.3 is 9.47 Å². The van der Waals surface area contributed by atoms with E-state index in [1.165, 1.54) is 10.5 Å².